The number of rotatable bonds is 5. The third-order valence-corrected chi connectivity index (χ3v) is 6.08. The molecule has 0 saturated carbocycles. The highest BCUT2D eigenvalue weighted by Crippen LogP contribution is 2.20. The minimum atomic E-state index is -3.38. The Morgan fingerprint density at radius 3 is 2.69 bits per heavy atom. The maximum Gasteiger partial charge on any atom is 0.238 e. The number of sulfonamides is 1. The molecule has 8 nitrogen and oxygen atoms in total. The summed E-state index contributed by atoms with van der Waals surface area (Å²) in [6.45, 7) is 3.81. The SMILES string of the molecule is CS(=O)(=O)N1CCCCC1C(=O)NCc1ccc(N2CCOCC2)nc1. The van der Waals surface area contributed by atoms with Crippen molar-refractivity contribution in [3.8, 4) is 0 Å². The summed E-state index contributed by atoms with van der Waals surface area (Å²) in [5.74, 6) is 0.659. The van der Waals surface area contributed by atoms with Crippen LogP contribution in [0.25, 0.3) is 0 Å². The highest BCUT2D eigenvalue weighted by molar-refractivity contribution is 7.88. The van der Waals surface area contributed by atoms with E-state index in [0.717, 1.165) is 43.6 Å². The van der Waals surface area contributed by atoms with Crippen LogP contribution >= 0.6 is 0 Å². The van der Waals surface area contributed by atoms with E-state index in [1.165, 1.54) is 4.31 Å². The van der Waals surface area contributed by atoms with Crippen LogP contribution in [0, 0.1) is 0 Å². The van der Waals surface area contributed by atoms with Gasteiger partial charge >= 0.3 is 0 Å². The molecule has 0 aliphatic carbocycles. The number of nitrogens with zero attached hydrogens (tertiary/aromatic N) is 3. The van der Waals surface area contributed by atoms with Crippen molar-refractivity contribution in [1.29, 1.82) is 0 Å². The molecule has 0 radical (unpaired) electrons. The first-order chi connectivity index (χ1) is 12.4. The molecule has 1 atom stereocenters. The Morgan fingerprint density at radius 2 is 2.04 bits per heavy atom. The van der Waals surface area contributed by atoms with Gasteiger partial charge in [-0.1, -0.05) is 12.5 Å². The van der Waals surface area contributed by atoms with Crippen molar-refractivity contribution in [2.45, 2.75) is 31.8 Å². The number of hydrogen-bond acceptors (Lipinski definition) is 6. The second kappa shape index (κ2) is 8.32. The van der Waals surface area contributed by atoms with E-state index in [2.05, 4.69) is 15.2 Å². The summed E-state index contributed by atoms with van der Waals surface area (Å²) in [4.78, 5) is 19.1. The predicted octanol–water partition coefficient (Wildman–Crippen LogP) is 0.349. The van der Waals surface area contributed by atoms with E-state index in [0.29, 0.717) is 32.7 Å². The highest BCUT2D eigenvalue weighted by Gasteiger charge is 2.34. The van der Waals surface area contributed by atoms with Crippen LogP contribution < -0.4 is 10.2 Å². The number of pyridine rings is 1. The van der Waals surface area contributed by atoms with E-state index in [9.17, 15) is 13.2 Å². The molecule has 144 valence electrons. The van der Waals surface area contributed by atoms with Crippen LogP contribution in [0.4, 0.5) is 5.82 Å². The van der Waals surface area contributed by atoms with Crippen molar-refractivity contribution < 1.29 is 17.9 Å². The molecule has 3 heterocycles. The van der Waals surface area contributed by atoms with Crippen molar-refractivity contribution in [1.82, 2.24) is 14.6 Å². The van der Waals surface area contributed by atoms with Gasteiger partial charge in [0.2, 0.25) is 15.9 Å². The van der Waals surface area contributed by atoms with E-state index < -0.39 is 16.1 Å². The zero-order chi connectivity index (χ0) is 18.6. The predicted molar refractivity (Wildman–Crippen MR) is 98.3 cm³/mol. The number of hydrogen-bond donors (Lipinski definition) is 1. The van der Waals surface area contributed by atoms with E-state index in [4.69, 9.17) is 4.74 Å². The first-order valence-corrected chi connectivity index (χ1v) is 10.8. The van der Waals surface area contributed by atoms with Crippen LogP contribution in [0.3, 0.4) is 0 Å². The molecule has 1 amide bonds. The lowest BCUT2D eigenvalue weighted by Crippen LogP contribution is -2.51. The Kier molecular flexibility index (Phi) is 6.10. The van der Waals surface area contributed by atoms with Crippen LogP contribution in [-0.2, 0) is 26.1 Å². The molecule has 0 spiro atoms. The summed E-state index contributed by atoms with van der Waals surface area (Å²) < 4.78 is 30.4. The number of morpholine rings is 1. The van der Waals surface area contributed by atoms with Gasteiger partial charge in [0.05, 0.1) is 19.5 Å². The summed E-state index contributed by atoms with van der Waals surface area (Å²) in [5, 5.41) is 2.85. The van der Waals surface area contributed by atoms with Gasteiger partial charge in [-0.2, -0.15) is 4.31 Å². The Balaban J connectivity index is 1.56. The highest BCUT2D eigenvalue weighted by atomic mass is 32.2. The monoisotopic (exact) mass is 382 g/mol. The molecule has 1 N–H and O–H groups in total. The van der Waals surface area contributed by atoms with E-state index >= 15 is 0 Å². The number of nitrogens with one attached hydrogen (secondary N) is 1. The van der Waals surface area contributed by atoms with Crippen molar-refractivity contribution in [3.05, 3.63) is 23.9 Å². The minimum Gasteiger partial charge on any atom is -0.378 e. The van der Waals surface area contributed by atoms with E-state index in [1.807, 2.05) is 12.1 Å². The molecule has 9 heteroatoms. The molecule has 2 aliphatic heterocycles. The first-order valence-electron chi connectivity index (χ1n) is 8.97. The molecule has 0 aromatic carbocycles. The van der Waals surface area contributed by atoms with Crippen molar-refractivity contribution >= 4 is 21.7 Å². The van der Waals surface area contributed by atoms with Crippen LogP contribution in [-0.4, -0.2) is 68.8 Å². The first kappa shape index (κ1) is 19.1. The van der Waals surface area contributed by atoms with Gasteiger partial charge in [-0.05, 0) is 24.5 Å². The lowest BCUT2D eigenvalue weighted by Gasteiger charge is -2.32. The summed E-state index contributed by atoms with van der Waals surface area (Å²) in [7, 11) is -3.38. The normalized spacial score (nSPS) is 22.2. The zero-order valence-corrected chi connectivity index (χ0v) is 15.9. The summed E-state index contributed by atoms with van der Waals surface area (Å²) in [6.07, 6.45) is 5.13. The lowest BCUT2D eigenvalue weighted by molar-refractivity contribution is -0.125. The molecule has 2 aliphatic rings. The zero-order valence-electron chi connectivity index (χ0n) is 15.1. The fourth-order valence-electron chi connectivity index (χ4n) is 3.37. The Hall–Kier alpha value is -1.71. The van der Waals surface area contributed by atoms with Crippen molar-refractivity contribution in [2.24, 2.45) is 0 Å². The smallest absolute Gasteiger partial charge is 0.238 e. The van der Waals surface area contributed by atoms with Crippen LogP contribution in [0.5, 0.6) is 0 Å². The van der Waals surface area contributed by atoms with Gasteiger partial charge in [-0.3, -0.25) is 4.79 Å². The van der Waals surface area contributed by atoms with Crippen molar-refractivity contribution in [2.75, 3.05) is 44.0 Å². The fourth-order valence-corrected chi connectivity index (χ4v) is 4.50. The Labute approximate surface area is 154 Å². The second-order valence-corrected chi connectivity index (χ2v) is 8.66. The van der Waals surface area contributed by atoms with Gasteiger partial charge in [0, 0.05) is 32.4 Å². The van der Waals surface area contributed by atoms with E-state index in [1.54, 1.807) is 6.20 Å². The molecule has 1 unspecified atom stereocenters. The van der Waals surface area contributed by atoms with Gasteiger partial charge in [0.15, 0.2) is 0 Å². The Bertz CT molecular complexity index is 717. The Morgan fingerprint density at radius 1 is 1.27 bits per heavy atom. The quantitative estimate of drug-likeness (QED) is 0.790. The summed E-state index contributed by atoms with van der Waals surface area (Å²) >= 11 is 0. The van der Waals surface area contributed by atoms with Gasteiger partial charge in [-0.15, -0.1) is 0 Å². The molecular formula is C17H26N4O4S. The van der Waals surface area contributed by atoms with Crippen LogP contribution in [0.2, 0.25) is 0 Å². The van der Waals surface area contributed by atoms with Crippen LogP contribution in [0.1, 0.15) is 24.8 Å². The molecule has 2 fully saturated rings. The van der Waals surface area contributed by atoms with Gasteiger partial charge in [-0.25, -0.2) is 13.4 Å². The average molecular weight is 382 g/mol. The van der Waals surface area contributed by atoms with E-state index in [-0.39, 0.29) is 5.91 Å². The maximum atomic E-state index is 12.5. The summed E-state index contributed by atoms with van der Waals surface area (Å²) in [5.41, 5.74) is 0.886. The molecular weight excluding hydrogens is 356 g/mol. The third-order valence-electron chi connectivity index (χ3n) is 4.79. The number of anilines is 1. The minimum absolute atomic E-state index is 0.243. The number of carbonyl (C=O) groups excluding carboxylic acids is 1. The topological polar surface area (TPSA) is 91.8 Å². The molecule has 26 heavy (non-hydrogen) atoms. The standard InChI is InChI=1S/C17H26N4O4S/c1-26(23,24)21-7-3-2-4-15(21)17(22)19-13-14-5-6-16(18-12-14)20-8-10-25-11-9-20/h5-6,12,15H,2-4,7-11,13H2,1H3,(H,19,22). The van der Waals surface area contributed by atoms with Gasteiger partial charge in [0.1, 0.15) is 11.9 Å². The summed E-state index contributed by atoms with van der Waals surface area (Å²) in [6, 6.07) is 3.27. The number of amides is 1. The number of piperidine rings is 1. The number of ether oxygens (including phenoxy) is 1. The lowest BCUT2D eigenvalue weighted by atomic mass is 10.0. The molecule has 3 rings (SSSR count). The number of aromatic nitrogens is 1. The molecule has 1 aromatic rings. The average Bonchev–Trinajstić information content (AvgIpc) is 2.66. The maximum absolute atomic E-state index is 12.5. The molecule has 1 aromatic heterocycles. The van der Waals surface area contributed by atoms with Gasteiger partial charge < -0.3 is 15.0 Å². The second-order valence-electron chi connectivity index (χ2n) is 6.73. The third kappa shape index (κ3) is 4.72. The molecule has 2 saturated heterocycles. The van der Waals surface area contributed by atoms with Crippen molar-refractivity contribution in [3.63, 3.8) is 0 Å². The fraction of sp³-hybridized carbons (Fsp3) is 0.647. The largest absolute Gasteiger partial charge is 0.378 e. The number of carbonyl (C=O) groups is 1. The van der Waals surface area contributed by atoms with Gasteiger partial charge in [0.25, 0.3) is 0 Å². The molecule has 0 bridgehead atoms. The van der Waals surface area contributed by atoms with Crippen LogP contribution in [0.15, 0.2) is 18.3 Å².